The van der Waals surface area contributed by atoms with Gasteiger partial charge in [-0.1, -0.05) is 72.8 Å². The number of anilines is 3. The van der Waals surface area contributed by atoms with Crippen molar-refractivity contribution in [1.29, 1.82) is 0 Å². The number of para-hydroxylation sites is 1. The predicted molar refractivity (Wildman–Crippen MR) is 191 cm³/mol. The maximum absolute atomic E-state index is 6.35. The zero-order valence-electron chi connectivity index (χ0n) is 23.5. The van der Waals surface area contributed by atoms with Crippen LogP contribution < -0.4 is 10.2 Å². The molecule has 0 saturated heterocycles. The maximum atomic E-state index is 6.35. The molecule has 0 bridgehead atoms. The summed E-state index contributed by atoms with van der Waals surface area (Å²) in [6.07, 6.45) is 4.51. The van der Waals surface area contributed by atoms with Gasteiger partial charge in [-0.2, -0.15) is 0 Å². The van der Waals surface area contributed by atoms with Gasteiger partial charge < -0.3 is 14.6 Å². The minimum absolute atomic E-state index is 0.0846. The number of rotatable bonds is 3. The van der Waals surface area contributed by atoms with E-state index in [0.29, 0.717) is 0 Å². The molecule has 6 aromatic carbocycles. The number of thiophene rings is 2. The summed E-state index contributed by atoms with van der Waals surface area (Å²) in [4.78, 5) is 2.40. The molecule has 0 aliphatic carbocycles. The third-order valence-corrected chi connectivity index (χ3v) is 11.1. The van der Waals surface area contributed by atoms with Crippen molar-refractivity contribution in [2.45, 2.75) is 6.17 Å². The first kappa shape index (κ1) is 24.4. The Morgan fingerprint density at radius 2 is 1.23 bits per heavy atom. The van der Waals surface area contributed by atoms with E-state index in [1.54, 1.807) is 0 Å². The van der Waals surface area contributed by atoms with Gasteiger partial charge in [-0.15, -0.1) is 22.7 Å². The number of benzene rings is 6. The molecule has 5 heteroatoms. The van der Waals surface area contributed by atoms with Gasteiger partial charge in [0.1, 0.15) is 17.3 Å². The number of nitrogens with one attached hydrogen (secondary N) is 1. The van der Waals surface area contributed by atoms with E-state index in [9.17, 15) is 0 Å². The van der Waals surface area contributed by atoms with Gasteiger partial charge in [-0.05, 0) is 65.4 Å². The first-order valence-corrected chi connectivity index (χ1v) is 16.4. The van der Waals surface area contributed by atoms with Crippen LogP contribution in [0.25, 0.3) is 69.0 Å². The minimum Gasteiger partial charge on any atom is -0.456 e. The van der Waals surface area contributed by atoms with Crippen molar-refractivity contribution < 1.29 is 4.42 Å². The van der Waals surface area contributed by atoms with Gasteiger partial charge >= 0.3 is 0 Å². The van der Waals surface area contributed by atoms with Gasteiger partial charge in [0.15, 0.2) is 0 Å². The monoisotopic (exact) mass is 600 g/mol. The molecule has 10 rings (SSSR count). The molecule has 3 aromatic heterocycles. The van der Waals surface area contributed by atoms with Gasteiger partial charge in [0.25, 0.3) is 0 Å². The lowest BCUT2D eigenvalue weighted by atomic mass is 10.0. The van der Waals surface area contributed by atoms with Crippen LogP contribution in [0.3, 0.4) is 0 Å². The van der Waals surface area contributed by atoms with E-state index >= 15 is 0 Å². The van der Waals surface area contributed by atoms with Crippen LogP contribution in [-0.4, -0.2) is 6.17 Å². The third-order valence-electron chi connectivity index (χ3n) is 8.88. The van der Waals surface area contributed by atoms with Crippen molar-refractivity contribution in [2.75, 3.05) is 10.2 Å². The van der Waals surface area contributed by atoms with Gasteiger partial charge in [-0.3, -0.25) is 0 Å². The smallest absolute Gasteiger partial charge is 0.137 e. The molecule has 208 valence electrons. The van der Waals surface area contributed by atoms with E-state index < -0.39 is 0 Å². The standard InChI is InChI=1S/C39H24N2OS2/c1-2-8-24-20-36-32(19-23(24)7-1)31-17-18-38(40-39(31)44-36)41(25-13-15-28-27-9-3-5-11-33(27)42-34(28)21-25)26-14-16-30-29-10-4-6-12-35(29)43-37(30)22-26/h1-22,38,40H. The molecule has 1 aliphatic heterocycles. The zero-order chi connectivity index (χ0) is 28.8. The molecule has 0 saturated carbocycles. The Hall–Kier alpha value is -5.10. The number of nitrogens with zero attached hydrogens (tertiary/aromatic N) is 1. The fourth-order valence-electron chi connectivity index (χ4n) is 6.79. The van der Waals surface area contributed by atoms with Gasteiger partial charge in [0.05, 0.1) is 5.00 Å². The highest BCUT2D eigenvalue weighted by molar-refractivity contribution is 7.25. The maximum Gasteiger partial charge on any atom is 0.137 e. The SMILES string of the molecule is C1=CC(N(c2ccc3c(c2)oc2ccccc23)c2ccc3c(c2)sc2ccccc23)Nc2sc3cc4ccccc4cc3c21. The van der Waals surface area contributed by atoms with Crippen LogP contribution in [0.2, 0.25) is 0 Å². The molecule has 9 aromatic rings. The Kier molecular flexibility index (Phi) is 5.09. The van der Waals surface area contributed by atoms with Crippen molar-refractivity contribution in [3.8, 4) is 0 Å². The summed E-state index contributed by atoms with van der Waals surface area (Å²) in [6, 6.07) is 43.7. The Labute approximate surface area is 260 Å². The van der Waals surface area contributed by atoms with Crippen LogP contribution in [-0.2, 0) is 0 Å². The Balaban J connectivity index is 1.14. The highest BCUT2D eigenvalue weighted by Gasteiger charge is 2.26. The van der Waals surface area contributed by atoms with E-state index in [-0.39, 0.29) is 6.17 Å². The summed E-state index contributed by atoms with van der Waals surface area (Å²) < 4.78 is 10.2. The molecule has 0 amide bonds. The number of fused-ring (bicyclic) bond motifs is 10. The summed E-state index contributed by atoms with van der Waals surface area (Å²) in [5.41, 5.74) is 5.28. The predicted octanol–water partition coefficient (Wildman–Crippen LogP) is 11.9. The van der Waals surface area contributed by atoms with Gasteiger partial charge in [-0.25, -0.2) is 0 Å². The molecule has 1 unspecified atom stereocenters. The van der Waals surface area contributed by atoms with Gasteiger partial charge in [0.2, 0.25) is 0 Å². The average molecular weight is 601 g/mol. The summed E-state index contributed by atoms with van der Waals surface area (Å²) in [6.45, 7) is 0. The molecule has 1 N–H and O–H groups in total. The van der Waals surface area contributed by atoms with Crippen molar-refractivity contribution in [3.05, 3.63) is 133 Å². The molecular formula is C39H24N2OS2. The Morgan fingerprint density at radius 3 is 2.14 bits per heavy atom. The molecule has 3 nitrogen and oxygen atoms in total. The van der Waals surface area contributed by atoms with E-state index in [4.69, 9.17) is 4.42 Å². The molecular weight excluding hydrogens is 577 g/mol. The van der Waals surface area contributed by atoms with Crippen molar-refractivity contribution >= 4 is 108 Å². The quantitative estimate of drug-likeness (QED) is 0.219. The Morgan fingerprint density at radius 1 is 0.545 bits per heavy atom. The normalized spacial score (nSPS) is 14.7. The summed E-state index contributed by atoms with van der Waals surface area (Å²) in [5, 5.41) is 13.8. The molecule has 4 heterocycles. The number of hydrogen-bond donors (Lipinski definition) is 1. The summed E-state index contributed by atoms with van der Waals surface area (Å²) in [7, 11) is 0. The molecule has 0 radical (unpaired) electrons. The largest absolute Gasteiger partial charge is 0.456 e. The fourth-order valence-corrected chi connectivity index (χ4v) is 9.09. The first-order chi connectivity index (χ1) is 21.8. The lowest BCUT2D eigenvalue weighted by Crippen LogP contribution is -2.37. The van der Waals surface area contributed by atoms with E-state index in [0.717, 1.165) is 33.3 Å². The topological polar surface area (TPSA) is 28.4 Å². The Bertz CT molecular complexity index is 2510. The van der Waals surface area contributed by atoms with Crippen LogP contribution in [0.15, 0.2) is 132 Å². The van der Waals surface area contributed by atoms with Crippen LogP contribution in [0, 0.1) is 0 Å². The van der Waals surface area contributed by atoms with Crippen LogP contribution in [0.1, 0.15) is 5.56 Å². The lowest BCUT2D eigenvalue weighted by molar-refractivity contribution is 0.668. The van der Waals surface area contributed by atoms with Crippen molar-refractivity contribution in [2.24, 2.45) is 0 Å². The second kappa shape index (κ2) is 9.20. The number of hydrogen-bond acceptors (Lipinski definition) is 5. The number of furan rings is 1. The van der Waals surface area contributed by atoms with Crippen LogP contribution in [0.4, 0.5) is 16.4 Å². The van der Waals surface area contributed by atoms with Crippen molar-refractivity contribution in [1.82, 2.24) is 0 Å². The first-order valence-electron chi connectivity index (χ1n) is 14.8. The summed E-state index contributed by atoms with van der Waals surface area (Å²) in [5.74, 6) is 0. The summed E-state index contributed by atoms with van der Waals surface area (Å²) >= 11 is 3.68. The third kappa shape index (κ3) is 3.60. The molecule has 1 aliphatic rings. The van der Waals surface area contributed by atoms with E-state index in [1.165, 1.54) is 51.6 Å². The molecule has 44 heavy (non-hydrogen) atoms. The van der Waals surface area contributed by atoms with Gasteiger partial charge in [0, 0.05) is 64.0 Å². The highest BCUT2D eigenvalue weighted by Crippen LogP contribution is 2.44. The van der Waals surface area contributed by atoms with E-state index in [2.05, 4.69) is 132 Å². The molecule has 1 atom stereocenters. The zero-order valence-corrected chi connectivity index (χ0v) is 25.1. The average Bonchev–Trinajstić information content (AvgIpc) is 3.73. The lowest BCUT2D eigenvalue weighted by Gasteiger charge is -2.34. The fraction of sp³-hybridized carbons (Fsp3) is 0.0256. The highest BCUT2D eigenvalue weighted by atomic mass is 32.1. The van der Waals surface area contributed by atoms with Crippen LogP contribution >= 0.6 is 22.7 Å². The minimum atomic E-state index is -0.0846. The second-order valence-electron chi connectivity index (χ2n) is 11.4. The van der Waals surface area contributed by atoms with Crippen LogP contribution in [0.5, 0.6) is 0 Å². The van der Waals surface area contributed by atoms with E-state index in [1.807, 2.05) is 34.8 Å². The molecule has 0 fully saturated rings. The van der Waals surface area contributed by atoms with Crippen molar-refractivity contribution in [3.63, 3.8) is 0 Å². The second-order valence-corrected chi connectivity index (χ2v) is 13.6. The molecule has 0 spiro atoms.